The van der Waals surface area contributed by atoms with Crippen LogP contribution in [0.15, 0.2) is 57.9 Å². The van der Waals surface area contributed by atoms with Crippen molar-refractivity contribution in [2.45, 2.75) is 19.5 Å². The van der Waals surface area contributed by atoms with Crippen LogP contribution < -0.4 is 25.1 Å². The molecule has 4 N–H and O–H groups in total. The van der Waals surface area contributed by atoms with Crippen molar-refractivity contribution in [3.8, 4) is 11.6 Å². The molecule has 42 heavy (non-hydrogen) atoms. The van der Waals surface area contributed by atoms with E-state index in [0.717, 1.165) is 5.56 Å². The van der Waals surface area contributed by atoms with E-state index >= 15 is 4.39 Å². The molecule has 0 bridgehead atoms. The maximum atomic E-state index is 15.4. The molecular weight excluding hydrogens is 593 g/mol. The number of halogens is 2. The van der Waals surface area contributed by atoms with Crippen molar-refractivity contribution in [3.63, 3.8) is 0 Å². The third-order valence-electron chi connectivity index (χ3n) is 6.13. The van der Waals surface area contributed by atoms with Gasteiger partial charge in [0.15, 0.2) is 11.6 Å². The second kappa shape index (κ2) is 12.7. The fourth-order valence-electron chi connectivity index (χ4n) is 3.98. The molecule has 0 saturated heterocycles. The number of carbonyl (C=O) groups excluding carboxylic acids is 1. The number of rotatable bonds is 10. The van der Waals surface area contributed by atoms with Crippen LogP contribution in [0, 0.1) is 5.82 Å². The van der Waals surface area contributed by atoms with E-state index in [1.54, 1.807) is 6.07 Å². The number of fused-ring (bicyclic) bond motifs is 1. The summed E-state index contributed by atoms with van der Waals surface area (Å²) in [5.74, 6) is -1.02. The minimum absolute atomic E-state index is 0.0246. The van der Waals surface area contributed by atoms with Gasteiger partial charge in [0.05, 0.1) is 10.7 Å². The average Bonchev–Trinajstić information content (AvgIpc) is 2.94. The molecule has 0 aliphatic rings. The summed E-state index contributed by atoms with van der Waals surface area (Å²) < 4.78 is 54.3. The van der Waals surface area contributed by atoms with Gasteiger partial charge >= 0.3 is 11.7 Å². The number of aromatic hydroxyl groups is 1. The normalized spacial score (nSPS) is 11.5. The highest BCUT2D eigenvalue weighted by molar-refractivity contribution is 7.90. The smallest absolute Gasteiger partial charge is 0.414 e. The standard InChI is InChI=1S/C27H27ClFN5O7S/c1-30-42(38,39)33-21-6-4-5-16(25(21)29)9-18-19(14-31-12-15-7-8-24(35)32-13-15)17-10-20(28)23(41-27(37)34(2)3)11-22(17)40-26(18)36/h4-8,10-11,13,30-31,33H,9,12,14H2,1-3H3,(H,32,35). The molecule has 0 aliphatic carbocycles. The maximum absolute atomic E-state index is 15.4. The van der Waals surface area contributed by atoms with Crippen LogP contribution >= 0.6 is 11.6 Å². The van der Waals surface area contributed by atoms with Gasteiger partial charge in [-0.05, 0) is 28.8 Å². The molecule has 0 aliphatic heterocycles. The molecule has 0 spiro atoms. The third kappa shape index (κ3) is 7.15. The summed E-state index contributed by atoms with van der Waals surface area (Å²) in [4.78, 5) is 30.4. The lowest BCUT2D eigenvalue weighted by molar-refractivity contribution is 0.172. The Hall–Kier alpha value is -4.24. The Bertz CT molecular complexity index is 1800. The van der Waals surface area contributed by atoms with E-state index in [-0.39, 0.29) is 52.0 Å². The maximum Gasteiger partial charge on any atom is 0.414 e. The number of benzene rings is 2. The van der Waals surface area contributed by atoms with Crippen molar-refractivity contribution < 1.29 is 31.9 Å². The number of ether oxygens (including phenoxy) is 1. The first-order chi connectivity index (χ1) is 19.9. The Labute approximate surface area is 245 Å². The van der Waals surface area contributed by atoms with Crippen molar-refractivity contribution in [1.82, 2.24) is 19.9 Å². The second-order valence-corrected chi connectivity index (χ2v) is 11.3. The fourth-order valence-corrected chi connectivity index (χ4v) is 4.73. The molecule has 0 atom stereocenters. The lowest BCUT2D eigenvalue weighted by Gasteiger charge is -2.16. The molecule has 0 fully saturated rings. The van der Waals surface area contributed by atoms with Crippen molar-refractivity contribution >= 4 is 44.6 Å². The molecule has 2 aromatic heterocycles. The van der Waals surface area contributed by atoms with E-state index in [9.17, 15) is 23.1 Å². The number of anilines is 1. The monoisotopic (exact) mass is 619 g/mol. The highest BCUT2D eigenvalue weighted by Crippen LogP contribution is 2.33. The minimum atomic E-state index is -4.00. The number of nitrogens with zero attached hydrogens (tertiary/aromatic N) is 2. The van der Waals surface area contributed by atoms with Crippen LogP contribution in [0.25, 0.3) is 11.0 Å². The number of carbonyl (C=O) groups is 1. The van der Waals surface area contributed by atoms with E-state index in [2.05, 4.69) is 15.0 Å². The van der Waals surface area contributed by atoms with Crippen molar-refractivity contribution in [2.75, 3.05) is 25.9 Å². The lowest BCUT2D eigenvalue weighted by Crippen LogP contribution is -2.27. The summed E-state index contributed by atoms with van der Waals surface area (Å²) >= 11 is 6.44. The summed E-state index contributed by atoms with van der Waals surface area (Å²) in [5.41, 5.74) is 0.299. The number of hydrogen-bond donors (Lipinski definition) is 4. The van der Waals surface area contributed by atoms with Gasteiger partial charge in [-0.1, -0.05) is 29.8 Å². The first-order valence-corrected chi connectivity index (χ1v) is 14.2. The molecule has 12 nitrogen and oxygen atoms in total. The van der Waals surface area contributed by atoms with Crippen molar-refractivity contribution in [3.05, 3.63) is 92.2 Å². The van der Waals surface area contributed by atoms with Crippen LogP contribution in [-0.4, -0.2) is 50.6 Å². The third-order valence-corrected chi connectivity index (χ3v) is 7.46. The first-order valence-electron chi connectivity index (χ1n) is 12.4. The highest BCUT2D eigenvalue weighted by atomic mass is 35.5. The largest absolute Gasteiger partial charge is 0.493 e. The van der Waals surface area contributed by atoms with Gasteiger partial charge in [0.25, 0.3) is 10.2 Å². The number of nitrogens with one attached hydrogen (secondary N) is 3. The molecule has 0 radical (unpaired) electrons. The quantitative estimate of drug-likeness (QED) is 0.195. The molecule has 222 valence electrons. The molecule has 1 amide bonds. The van der Waals surface area contributed by atoms with E-state index in [0.29, 0.717) is 17.5 Å². The van der Waals surface area contributed by atoms with Gasteiger partial charge in [0, 0.05) is 69.9 Å². The molecular formula is C27H27ClFN5O7S. The summed E-state index contributed by atoms with van der Waals surface area (Å²) in [6, 6.07) is 10.0. The Morgan fingerprint density at radius 1 is 1.17 bits per heavy atom. The summed E-state index contributed by atoms with van der Waals surface area (Å²) in [6.07, 6.45) is 0.547. The molecule has 2 aromatic carbocycles. The minimum Gasteiger partial charge on any atom is -0.493 e. The number of pyridine rings is 1. The Morgan fingerprint density at radius 2 is 1.93 bits per heavy atom. The van der Waals surface area contributed by atoms with Gasteiger partial charge in [-0.15, -0.1) is 0 Å². The number of aromatic nitrogens is 1. The van der Waals surface area contributed by atoms with Gasteiger partial charge in [-0.2, -0.15) is 8.42 Å². The first kappa shape index (κ1) is 30.7. The molecule has 2 heterocycles. The van der Waals surface area contributed by atoms with Gasteiger partial charge in [-0.3, -0.25) is 4.72 Å². The Kier molecular flexibility index (Phi) is 9.31. The van der Waals surface area contributed by atoms with Crippen molar-refractivity contribution in [2.24, 2.45) is 0 Å². The predicted molar refractivity (Wildman–Crippen MR) is 154 cm³/mol. The highest BCUT2D eigenvalue weighted by Gasteiger charge is 2.21. The molecule has 4 rings (SSSR count). The van der Waals surface area contributed by atoms with Gasteiger partial charge < -0.3 is 24.5 Å². The summed E-state index contributed by atoms with van der Waals surface area (Å²) in [5, 5.41) is 13.1. The van der Waals surface area contributed by atoms with Crippen LogP contribution in [0.2, 0.25) is 5.02 Å². The molecule has 15 heteroatoms. The SMILES string of the molecule is CNS(=O)(=O)Nc1cccc(Cc2c(CNCc3ccc(O)nc3)c3cc(Cl)c(OC(=O)N(C)C)cc3oc2=O)c1F. The Morgan fingerprint density at radius 3 is 2.60 bits per heavy atom. The molecule has 4 aromatic rings. The average molecular weight is 620 g/mol. The van der Waals surface area contributed by atoms with Gasteiger partial charge in [-0.25, -0.2) is 23.7 Å². The van der Waals surface area contributed by atoms with Crippen LogP contribution in [-0.2, 0) is 29.7 Å². The van der Waals surface area contributed by atoms with E-state index < -0.39 is 27.7 Å². The zero-order valence-electron chi connectivity index (χ0n) is 22.7. The summed E-state index contributed by atoms with van der Waals surface area (Å²) in [7, 11) is 0.168. The summed E-state index contributed by atoms with van der Waals surface area (Å²) in [6.45, 7) is 0.398. The number of hydrogen-bond acceptors (Lipinski definition) is 9. The predicted octanol–water partition coefficient (Wildman–Crippen LogP) is 3.50. The van der Waals surface area contributed by atoms with E-state index in [1.165, 1.54) is 68.6 Å². The van der Waals surface area contributed by atoms with Crippen LogP contribution in [0.1, 0.15) is 22.3 Å². The van der Waals surface area contributed by atoms with Crippen molar-refractivity contribution in [1.29, 1.82) is 0 Å². The molecule has 0 unspecified atom stereocenters. The fraction of sp³-hybridized carbons (Fsp3) is 0.222. The zero-order chi connectivity index (χ0) is 30.6. The Balaban J connectivity index is 1.78. The van der Waals surface area contributed by atoms with Crippen LogP contribution in [0.3, 0.4) is 0 Å². The zero-order valence-corrected chi connectivity index (χ0v) is 24.3. The van der Waals surface area contributed by atoms with Crippen LogP contribution in [0.4, 0.5) is 14.9 Å². The van der Waals surface area contributed by atoms with Gasteiger partial charge in [0.2, 0.25) is 5.88 Å². The topological polar surface area (TPSA) is 163 Å². The molecule has 0 saturated carbocycles. The lowest BCUT2D eigenvalue weighted by atomic mass is 9.97. The second-order valence-electron chi connectivity index (χ2n) is 9.28. The number of amides is 1. The van der Waals surface area contributed by atoms with Crippen LogP contribution in [0.5, 0.6) is 11.6 Å². The van der Waals surface area contributed by atoms with E-state index in [1.807, 2.05) is 4.72 Å². The van der Waals surface area contributed by atoms with Gasteiger partial charge in [0.1, 0.15) is 5.58 Å². The van der Waals surface area contributed by atoms with E-state index in [4.69, 9.17) is 20.8 Å².